The zero-order chi connectivity index (χ0) is 21.4. The van der Waals surface area contributed by atoms with Gasteiger partial charge in [0.2, 0.25) is 0 Å². The lowest BCUT2D eigenvalue weighted by atomic mass is 10.2. The topological polar surface area (TPSA) is 46.9 Å². The summed E-state index contributed by atoms with van der Waals surface area (Å²) in [5, 5.41) is 7.08. The number of nitrogens with one attached hydrogen (secondary N) is 1. The number of carbonyl (C=O) groups excluding carboxylic acids is 1. The Balaban J connectivity index is 1.42. The van der Waals surface area contributed by atoms with Gasteiger partial charge in [0.05, 0.1) is 15.9 Å². The van der Waals surface area contributed by atoms with Crippen LogP contribution >= 0.6 is 22.7 Å². The molecule has 5 aromatic rings. The van der Waals surface area contributed by atoms with Crippen molar-refractivity contribution in [1.29, 1.82) is 0 Å². The van der Waals surface area contributed by atoms with Crippen LogP contribution in [-0.2, 0) is 6.54 Å². The van der Waals surface area contributed by atoms with E-state index in [2.05, 4.69) is 10.3 Å². The van der Waals surface area contributed by atoms with E-state index in [9.17, 15) is 13.6 Å². The molecule has 0 aliphatic carbocycles. The first kappa shape index (κ1) is 19.6. The second-order valence-corrected chi connectivity index (χ2v) is 8.72. The third-order valence-corrected chi connectivity index (χ3v) is 6.46. The lowest BCUT2D eigenvalue weighted by Crippen LogP contribution is -2.17. The minimum Gasteiger partial charge on any atom is -0.331 e. The molecule has 0 aliphatic heterocycles. The van der Waals surface area contributed by atoms with E-state index in [0.29, 0.717) is 23.1 Å². The van der Waals surface area contributed by atoms with Crippen LogP contribution in [0.25, 0.3) is 21.5 Å². The SMILES string of the molecule is O=C(Nc1nc(-c2ccc(F)cc2)cs1)c1cc2sccc2n1Cc1cccc(F)c1. The van der Waals surface area contributed by atoms with E-state index in [1.54, 1.807) is 29.5 Å². The van der Waals surface area contributed by atoms with Crippen LogP contribution < -0.4 is 5.32 Å². The monoisotopic (exact) mass is 451 g/mol. The molecule has 0 unspecified atom stereocenters. The maximum absolute atomic E-state index is 13.6. The molecule has 0 saturated carbocycles. The van der Waals surface area contributed by atoms with E-state index in [0.717, 1.165) is 21.3 Å². The fourth-order valence-corrected chi connectivity index (χ4v) is 4.94. The summed E-state index contributed by atoms with van der Waals surface area (Å²) in [6.07, 6.45) is 0. The van der Waals surface area contributed by atoms with Crippen molar-refractivity contribution in [3.8, 4) is 11.3 Å². The number of aromatic nitrogens is 2. The first-order valence-corrected chi connectivity index (χ1v) is 11.2. The van der Waals surface area contributed by atoms with Crippen LogP contribution in [-0.4, -0.2) is 15.5 Å². The zero-order valence-electron chi connectivity index (χ0n) is 16.0. The van der Waals surface area contributed by atoms with Crippen LogP contribution in [0.15, 0.2) is 71.4 Å². The number of thiazole rings is 1. The van der Waals surface area contributed by atoms with Gasteiger partial charge in [0.1, 0.15) is 17.3 Å². The van der Waals surface area contributed by atoms with Crippen molar-refractivity contribution in [2.24, 2.45) is 0 Å². The Bertz CT molecular complexity index is 1390. The molecule has 1 amide bonds. The number of hydrogen-bond acceptors (Lipinski definition) is 4. The zero-order valence-corrected chi connectivity index (χ0v) is 17.6. The van der Waals surface area contributed by atoms with Crippen LogP contribution in [0.1, 0.15) is 16.1 Å². The molecule has 31 heavy (non-hydrogen) atoms. The number of halogens is 2. The molecule has 0 saturated heterocycles. The van der Waals surface area contributed by atoms with Gasteiger partial charge in [0, 0.05) is 17.5 Å². The fourth-order valence-electron chi connectivity index (χ4n) is 3.40. The number of nitrogens with zero attached hydrogens (tertiary/aromatic N) is 2. The second kappa shape index (κ2) is 8.05. The Hall–Kier alpha value is -3.36. The normalized spacial score (nSPS) is 11.2. The molecule has 154 valence electrons. The highest BCUT2D eigenvalue weighted by molar-refractivity contribution is 7.17. The van der Waals surface area contributed by atoms with Crippen molar-refractivity contribution < 1.29 is 13.6 Å². The summed E-state index contributed by atoms with van der Waals surface area (Å²) in [5.74, 6) is -0.917. The molecule has 0 fully saturated rings. The van der Waals surface area contributed by atoms with E-state index < -0.39 is 0 Å². The third-order valence-electron chi connectivity index (χ3n) is 4.85. The number of hydrogen-bond donors (Lipinski definition) is 1. The van der Waals surface area contributed by atoms with Gasteiger partial charge in [-0.05, 0) is 59.5 Å². The van der Waals surface area contributed by atoms with E-state index in [1.807, 2.05) is 33.5 Å². The van der Waals surface area contributed by atoms with Gasteiger partial charge in [-0.1, -0.05) is 12.1 Å². The van der Waals surface area contributed by atoms with Crippen LogP contribution in [0.2, 0.25) is 0 Å². The van der Waals surface area contributed by atoms with Gasteiger partial charge >= 0.3 is 0 Å². The third kappa shape index (κ3) is 3.99. The molecule has 0 radical (unpaired) electrons. The minimum absolute atomic E-state index is 0.292. The highest BCUT2D eigenvalue weighted by Crippen LogP contribution is 2.29. The molecule has 3 aromatic heterocycles. The molecule has 1 N–H and O–H groups in total. The number of fused-ring (bicyclic) bond motifs is 1. The Kier molecular flexibility index (Phi) is 5.09. The van der Waals surface area contributed by atoms with Gasteiger partial charge in [0.25, 0.3) is 5.91 Å². The number of anilines is 1. The predicted octanol–water partition coefficient (Wildman–Crippen LogP) is 6.41. The summed E-state index contributed by atoms with van der Waals surface area (Å²) >= 11 is 2.84. The summed E-state index contributed by atoms with van der Waals surface area (Å²) in [5.41, 5.74) is 3.60. The van der Waals surface area contributed by atoms with Crippen LogP contribution in [0.5, 0.6) is 0 Å². The largest absolute Gasteiger partial charge is 0.331 e. The molecule has 0 atom stereocenters. The van der Waals surface area contributed by atoms with Crippen molar-refractivity contribution in [3.05, 3.63) is 94.3 Å². The number of rotatable bonds is 5. The van der Waals surface area contributed by atoms with Crippen LogP contribution in [0.3, 0.4) is 0 Å². The molecule has 0 bridgehead atoms. The van der Waals surface area contributed by atoms with Crippen LogP contribution in [0, 0.1) is 11.6 Å². The highest BCUT2D eigenvalue weighted by atomic mass is 32.1. The molecule has 3 heterocycles. The van der Waals surface area contributed by atoms with E-state index in [1.165, 1.54) is 35.6 Å². The molecule has 8 heteroatoms. The summed E-state index contributed by atoms with van der Waals surface area (Å²) in [6, 6.07) is 16.2. The number of carbonyl (C=O) groups is 1. The van der Waals surface area contributed by atoms with E-state index in [-0.39, 0.29) is 17.5 Å². The lowest BCUT2D eigenvalue weighted by Gasteiger charge is -2.10. The van der Waals surface area contributed by atoms with E-state index in [4.69, 9.17) is 0 Å². The number of thiophene rings is 1. The molecule has 2 aromatic carbocycles. The average molecular weight is 452 g/mol. The van der Waals surface area contributed by atoms with Crippen LogP contribution in [0.4, 0.5) is 13.9 Å². The molecular formula is C23H15F2N3OS2. The van der Waals surface area contributed by atoms with Gasteiger partial charge < -0.3 is 4.57 Å². The molecule has 0 aliphatic rings. The van der Waals surface area contributed by atoms with Crippen molar-refractivity contribution in [2.75, 3.05) is 5.32 Å². The van der Waals surface area contributed by atoms with Crippen molar-refractivity contribution in [1.82, 2.24) is 9.55 Å². The summed E-state index contributed by atoms with van der Waals surface area (Å²) in [4.78, 5) is 17.5. The smallest absolute Gasteiger partial charge is 0.274 e. The summed E-state index contributed by atoms with van der Waals surface area (Å²) < 4.78 is 29.7. The van der Waals surface area contributed by atoms with Gasteiger partial charge in [-0.15, -0.1) is 22.7 Å². The standard InChI is InChI=1S/C23H15F2N3OS2/c24-16-6-4-15(5-7-16)18-13-31-23(26-18)27-22(29)20-11-21-19(8-9-30-21)28(20)12-14-2-1-3-17(25)10-14/h1-11,13H,12H2,(H,26,27,29). The van der Waals surface area contributed by atoms with Gasteiger partial charge in [-0.25, -0.2) is 13.8 Å². The molecule has 4 nitrogen and oxygen atoms in total. The Morgan fingerprint density at radius 2 is 1.84 bits per heavy atom. The first-order chi connectivity index (χ1) is 15.1. The number of benzene rings is 2. The fraction of sp³-hybridized carbons (Fsp3) is 0.0435. The molecule has 5 rings (SSSR count). The highest BCUT2D eigenvalue weighted by Gasteiger charge is 2.18. The first-order valence-electron chi connectivity index (χ1n) is 9.41. The van der Waals surface area contributed by atoms with Crippen molar-refractivity contribution in [2.45, 2.75) is 6.54 Å². The van der Waals surface area contributed by atoms with Gasteiger partial charge in [0.15, 0.2) is 5.13 Å². The molecular weight excluding hydrogens is 436 g/mol. The maximum atomic E-state index is 13.6. The summed E-state index contributed by atoms with van der Waals surface area (Å²) in [7, 11) is 0. The second-order valence-electron chi connectivity index (χ2n) is 6.91. The quantitative estimate of drug-likeness (QED) is 0.336. The van der Waals surface area contributed by atoms with Crippen molar-refractivity contribution in [3.63, 3.8) is 0 Å². The van der Waals surface area contributed by atoms with E-state index >= 15 is 0 Å². The van der Waals surface area contributed by atoms with Gasteiger partial charge in [-0.3, -0.25) is 10.1 Å². The average Bonchev–Trinajstić information content (AvgIpc) is 3.46. The Morgan fingerprint density at radius 1 is 1.00 bits per heavy atom. The predicted molar refractivity (Wildman–Crippen MR) is 121 cm³/mol. The Labute approximate surface area is 184 Å². The summed E-state index contributed by atoms with van der Waals surface area (Å²) in [6.45, 7) is 0.374. The van der Waals surface area contributed by atoms with Gasteiger partial charge in [-0.2, -0.15) is 0 Å². The minimum atomic E-state index is -0.313. The number of amides is 1. The lowest BCUT2D eigenvalue weighted by molar-refractivity contribution is 0.101. The van der Waals surface area contributed by atoms with Crippen molar-refractivity contribution >= 4 is 43.9 Å². The Morgan fingerprint density at radius 3 is 2.65 bits per heavy atom. The maximum Gasteiger partial charge on any atom is 0.274 e. The molecule has 0 spiro atoms.